The zero-order valence-electron chi connectivity index (χ0n) is 14.1. The highest BCUT2D eigenvalue weighted by Crippen LogP contribution is 2.46. The minimum Gasteiger partial charge on any atom is -0.364 e. The Morgan fingerprint density at radius 3 is 2.50 bits per heavy atom. The summed E-state index contributed by atoms with van der Waals surface area (Å²) in [5.41, 5.74) is -0.197. The van der Waals surface area contributed by atoms with Gasteiger partial charge in [0, 0.05) is 11.8 Å². The van der Waals surface area contributed by atoms with Gasteiger partial charge in [0.05, 0.1) is 10.6 Å². The Kier molecular flexibility index (Phi) is 5.27. The Hall–Kier alpha value is -2.02. The molecular weight excluding hydrogens is 369 g/mol. The summed E-state index contributed by atoms with van der Waals surface area (Å²) in [4.78, 5) is 12.3. The van der Waals surface area contributed by atoms with Gasteiger partial charge in [0.15, 0.2) is 5.69 Å². The van der Waals surface area contributed by atoms with Crippen LogP contribution in [0.25, 0.3) is 0 Å². The highest BCUT2D eigenvalue weighted by Gasteiger charge is 2.36. The van der Waals surface area contributed by atoms with E-state index in [2.05, 4.69) is 21.9 Å². The number of hydrogen-bond acceptors (Lipinski definition) is 3. The smallest absolute Gasteiger partial charge is 0.364 e. The summed E-state index contributed by atoms with van der Waals surface area (Å²) in [6.07, 6.45) is -0.0214. The number of amides is 1. The molecule has 26 heavy (non-hydrogen) atoms. The van der Waals surface area contributed by atoms with Crippen molar-refractivity contribution in [3.05, 3.63) is 46.3 Å². The molecule has 140 valence electrons. The number of anilines is 1. The number of hydrogen-bond donors (Lipinski definition) is 1. The van der Waals surface area contributed by atoms with Crippen LogP contribution in [0.15, 0.2) is 29.0 Å². The monoisotopic (exact) mass is 386 g/mol. The predicted octanol–water partition coefficient (Wildman–Crippen LogP) is 5.89. The van der Waals surface area contributed by atoms with Gasteiger partial charge in [-0.2, -0.15) is 13.2 Å². The van der Waals surface area contributed by atoms with Crippen molar-refractivity contribution in [2.75, 3.05) is 5.32 Å². The van der Waals surface area contributed by atoms with Crippen molar-refractivity contribution < 1.29 is 22.5 Å². The van der Waals surface area contributed by atoms with E-state index in [0.29, 0.717) is 11.5 Å². The molecule has 8 heteroatoms. The van der Waals surface area contributed by atoms with Gasteiger partial charge in [0.25, 0.3) is 5.91 Å². The number of rotatable bonds is 3. The van der Waals surface area contributed by atoms with Crippen LogP contribution < -0.4 is 5.32 Å². The molecule has 0 unspecified atom stereocenters. The van der Waals surface area contributed by atoms with Gasteiger partial charge in [0.1, 0.15) is 6.26 Å². The fourth-order valence-electron chi connectivity index (χ4n) is 3.38. The minimum atomic E-state index is -4.55. The summed E-state index contributed by atoms with van der Waals surface area (Å²) in [5.74, 6) is -0.155. The summed E-state index contributed by atoms with van der Waals surface area (Å²) < 4.78 is 44.5. The fourth-order valence-corrected chi connectivity index (χ4v) is 3.81. The third-order valence-corrected chi connectivity index (χ3v) is 5.24. The van der Waals surface area contributed by atoms with Gasteiger partial charge in [0.2, 0.25) is 0 Å². The zero-order chi connectivity index (χ0) is 18.9. The van der Waals surface area contributed by atoms with Crippen LogP contribution in [-0.2, 0) is 6.18 Å². The maximum Gasteiger partial charge on any atom is 0.417 e. The van der Waals surface area contributed by atoms with Crippen LogP contribution in [0.3, 0.4) is 0 Å². The lowest BCUT2D eigenvalue weighted by atomic mass is 9.78. The van der Waals surface area contributed by atoms with Crippen molar-refractivity contribution in [3.63, 3.8) is 0 Å². The molecule has 1 aromatic carbocycles. The first-order valence-corrected chi connectivity index (χ1v) is 8.76. The number of carbonyl (C=O) groups is 1. The third-order valence-electron chi connectivity index (χ3n) is 4.83. The van der Waals surface area contributed by atoms with Crippen LogP contribution >= 0.6 is 11.6 Å². The van der Waals surface area contributed by atoms with Gasteiger partial charge in [-0.3, -0.25) is 4.79 Å². The molecule has 1 N–H and O–H groups in total. The molecule has 0 spiro atoms. The lowest BCUT2D eigenvalue weighted by Crippen LogP contribution is -2.19. The summed E-state index contributed by atoms with van der Waals surface area (Å²) >= 11 is 6.17. The fraction of sp³-hybridized carbons (Fsp3) is 0.444. The topological polar surface area (TPSA) is 55.1 Å². The molecule has 0 saturated heterocycles. The molecule has 1 aliphatic carbocycles. The molecule has 2 aromatic rings. The molecule has 1 heterocycles. The van der Waals surface area contributed by atoms with E-state index in [1.807, 2.05) is 0 Å². The van der Waals surface area contributed by atoms with E-state index in [4.69, 9.17) is 11.6 Å². The Morgan fingerprint density at radius 1 is 1.23 bits per heavy atom. The number of aromatic nitrogens is 1. The largest absolute Gasteiger partial charge is 0.417 e. The van der Waals surface area contributed by atoms with Crippen LogP contribution in [0, 0.1) is 5.92 Å². The molecule has 4 nitrogen and oxygen atoms in total. The molecule has 0 aliphatic heterocycles. The molecule has 1 aliphatic rings. The van der Waals surface area contributed by atoms with E-state index in [9.17, 15) is 18.0 Å². The van der Waals surface area contributed by atoms with E-state index in [1.54, 1.807) is 0 Å². The molecule has 1 aromatic heterocycles. The molecule has 3 rings (SSSR count). The van der Waals surface area contributed by atoms with E-state index >= 15 is 0 Å². The van der Waals surface area contributed by atoms with Crippen LogP contribution in [0.2, 0.25) is 5.02 Å². The third kappa shape index (κ3) is 3.87. The van der Waals surface area contributed by atoms with Crippen molar-refractivity contribution in [1.82, 2.24) is 5.16 Å². The van der Waals surface area contributed by atoms with Gasteiger partial charge in [-0.15, -0.1) is 0 Å². The predicted molar refractivity (Wildman–Crippen MR) is 91.3 cm³/mol. The van der Waals surface area contributed by atoms with Crippen LogP contribution in [0.4, 0.5) is 18.9 Å². The lowest BCUT2D eigenvalue weighted by molar-refractivity contribution is -0.137. The maximum atomic E-state index is 13.3. The molecular formula is C18H18ClF3N2O2. The Bertz CT molecular complexity index is 782. The molecule has 0 radical (unpaired) electrons. The van der Waals surface area contributed by atoms with E-state index in [-0.39, 0.29) is 22.3 Å². The number of nitrogens with one attached hydrogen (secondary N) is 1. The number of benzene rings is 1. The van der Waals surface area contributed by atoms with Gasteiger partial charge in [-0.25, -0.2) is 0 Å². The van der Waals surface area contributed by atoms with Crippen LogP contribution in [0.5, 0.6) is 0 Å². The SMILES string of the molecule is CC1CCC(c2c(NC(=O)c3ccon3)ccc(C(F)(F)F)c2Cl)CC1. The van der Waals surface area contributed by atoms with Gasteiger partial charge in [-0.1, -0.05) is 36.5 Å². The van der Waals surface area contributed by atoms with Gasteiger partial charge >= 0.3 is 6.18 Å². The lowest BCUT2D eigenvalue weighted by Gasteiger charge is -2.29. The quantitative estimate of drug-likeness (QED) is 0.715. The first-order valence-electron chi connectivity index (χ1n) is 8.38. The van der Waals surface area contributed by atoms with E-state index < -0.39 is 17.6 Å². The van der Waals surface area contributed by atoms with Crippen LogP contribution in [-0.4, -0.2) is 11.1 Å². The van der Waals surface area contributed by atoms with Gasteiger partial charge in [-0.05, 0) is 42.4 Å². The van der Waals surface area contributed by atoms with Gasteiger partial charge < -0.3 is 9.84 Å². The summed E-state index contributed by atoms with van der Waals surface area (Å²) in [7, 11) is 0. The molecule has 1 amide bonds. The van der Waals surface area contributed by atoms with E-state index in [0.717, 1.165) is 31.7 Å². The number of nitrogens with zero attached hydrogens (tertiary/aromatic N) is 1. The summed E-state index contributed by atoms with van der Waals surface area (Å²) in [5, 5.41) is 5.83. The Balaban J connectivity index is 2.00. The second-order valence-electron chi connectivity index (χ2n) is 6.68. The zero-order valence-corrected chi connectivity index (χ0v) is 14.8. The van der Waals surface area contributed by atoms with Crippen molar-refractivity contribution in [2.24, 2.45) is 5.92 Å². The van der Waals surface area contributed by atoms with Crippen LogP contribution in [0.1, 0.15) is 60.1 Å². The number of alkyl halides is 3. The highest BCUT2D eigenvalue weighted by atomic mass is 35.5. The van der Waals surface area contributed by atoms with Crippen molar-refractivity contribution in [2.45, 2.75) is 44.7 Å². The first kappa shape index (κ1) is 18.8. The Morgan fingerprint density at radius 2 is 1.92 bits per heavy atom. The van der Waals surface area contributed by atoms with Crippen molar-refractivity contribution >= 4 is 23.2 Å². The molecule has 1 fully saturated rings. The maximum absolute atomic E-state index is 13.3. The van der Waals surface area contributed by atoms with Crippen molar-refractivity contribution in [3.8, 4) is 0 Å². The first-order chi connectivity index (χ1) is 12.3. The standard InChI is InChI=1S/C18H18ClF3N2O2/c1-10-2-4-11(5-3-10)15-13(23-17(25)14-8-9-26-24-14)7-6-12(16(15)19)18(20,21)22/h6-11H,2-5H2,1H3,(H,23,25). The molecule has 0 bridgehead atoms. The normalized spacial score (nSPS) is 20.8. The molecule has 0 atom stereocenters. The molecule has 1 saturated carbocycles. The Labute approximate surface area is 153 Å². The highest BCUT2D eigenvalue weighted by molar-refractivity contribution is 6.33. The van der Waals surface area contributed by atoms with Crippen molar-refractivity contribution in [1.29, 1.82) is 0 Å². The second kappa shape index (κ2) is 7.31. The average molecular weight is 387 g/mol. The summed E-state index contributed by atoms with van der Waals surface area (Å²) in [6, 6.07) is 3.54. The number of carbonyl (C=O) groups excluding carboxylic acids is 1. The minimum absolute atomic E-state index is 0.0456. The second-order valence-corrected chi connectivity index (χ2v) is 7.06. The number of halogens is 4. The average Bonchev–Trinajstić information content (AvgIpc) is 3.10. The van der Waals surface area contributed by atoms with E-state index in [1.165, 1.54) is 18.4 Å². The summed E-state index contributed by atoms with van der Waals surface area (Å²) in [6.45, 7) is 2.12.